The topological polar surface area (TPSA) is 96.5 Å². The first-order valence-corrected chi connectivity index (χ1v) is 13.1. The lowest BCUT2D eigenvalue weighted by atomic mass is 9.90. The van der Waals surface area contributed by atoms with Crippen molar-refractivity contribution < 1.29 is 9.90 Å². The smallest absolute Gasteiger partial charge is 0.281 e. The molecule has 1 amide bonds. The van der Waals surface area contributed by atoms with Crippen LogP contribution in [-0.2, 0) is 18.4 Å². The average molecular weight is 505 g/mol. The molecule has 3 aromatic rings. The number of nitrogens with zero attached hydrogens (tertiary/aromatic N) is 6. The lowest BCUT2D eigenvalue weighted by molar-refractivity contribution is -0.136. The van der Waals surface area contributed by atoms with Crippen molar-refractivity contribution in [3.8, 4) is 0 Å². The second kappa shape index (κ2) is 10.2. The summed E-state index contributed by atoms with van der Waals surface area (Å²) in [5.74, 6) is 0.238. The summed E-state index contributed by atoms with van der Waals surface area (Å²) in [7, 11) is 3.93. The summed E-state index contributed by atoms with van der Waals surface area (Å²) < 4.78 is 3.22. The summed E-state index contributed by atoms with van der Waals surface area (Å²) in [4.78, 5) is 34.9. The highest BCUT2D eigenvalue weighted by atomic mass is 16.3. The summed E-state index contributed by atoms with van der Waals surface area (Å²) in [6, 6.07) is 10.0. The standard InChI is InChI=1S/C28H36N6O3/c1-20(21-7-5-4-6-8-21)17-23(35)33-15-11-28(37,12-16-33)18-34-19-29-24-25(27(34)36)30-32(3)26(24)22-9-13-31(2)14-10-22/h4-9,19-20,37H,10-18H2,1-3H3/t20-/m1/s1. The van der Waals surface area contributed by atoms with E-state index in [-0.39, 0.29) is 23.9 Å². The zero-order valence-corrected chi connectivity index (χ0v) is 21.9. The summed E-state index contributed by atoms with van der Waals surface area (Å²) in [5.41, 5.74) is 2.81. The van der Waals surface area contributed by atoms with Crippen molar-refractivity contribution >= 4 is 22.5 Å². The predicted octanol–water partition coefficient (Wildman–Crippen LogP) is 2.40. The number of aromatic nitrogens is 4. The van der Waals surface area contributed by atoms with E-state index in [1.165, 1.54) is 10.9 Å². The second-order valence-electron chi connectivity index (χ2n) is 10.7. The highest BCUT2D eigenvalue weighted by molar-refractivity contribution is 5.87. The van der Waals surface area contributed by atoms with Crippen LogP contribution >= 0.6 is 0 Å². The van der Waals surface area contributed by atoms with E-state index in [2.05, 4.69) is 35.0 Å². The number of hydrogen-bond acceptors (Lipinski definition) is 6. The van der Waals surface area contributed by atoms with E-state index >= 15 is 0 Å². The molecule has 2 aromatic heterocycles. The van der Waals surface area contributed by atoms with Crippen LogP contribution in [0.15, 0.2) is 47.5 Å². The van der Waals surface area contributed by atoms with E-state index in [1.54, 1.807) is 4.68 Å². The fraction of sp³-hybridized carbons (Fsp3) is 0.500. The molecule has 1 N–H and O–H groups in total. The van der Waals surface area contributed by atoms with Gasteiger partial charge >= 0.3 is 0 Å². The number of hydrogen-bond donors (Lipinski definition) is 1. The molecule has 9 heteroatoms. The molecule has 9 nitrogen and oxygen atoms in total. The van der Waals surface area contributed by atoms with Gasteiger partial charge < -0.3 is 14.9 Å². The molecule has 4 heterocycles. The minimum absolute atomic E-state index is 0.0999. The second-order valence-corrected chi connectivity index (χ2v) is 10.7. The first-order valence-electron chi connectivity index (χ1n) is 13.1. The summed E-state index contributed by atoms with van der Waals surface area (Å²) >= 11 is 0. The molecule has 0 bridgehead atoms. The lowest BCUT2D eigenvalue weighted by Crippen LogP contribution is -2.49. The Morgan fingerprint density at radius 2 is 1.84 bits per heavy atom. The van der Waals surface area contributed by atoms with Gasteiger partial charge in [0, 0.05) is 39.6 Å². The zero-order chi connectivity index (χ0) is 26.2. The van der Waals surface area contributed by atoms with E-state index < -0.39 is 5.60 Å². The molecule has 0 aliphatic carbocycles. The van der Waals surface area contributed by atoms with Gasteiger partial charge in [-0.15, -0.1) is 0 Å². The van der Waals surface area contributed by atoms with Crippen LogP contribution < -0.4 is 5.56 Å². The third-order valence-electron chi connectivity index (χ3n) is 7.89. The van der Waals surface area contributed by atoms with Crippen molar-refractivity contribution in [2.45, 2.75) is 50.7 Å². The average Bonchev–Trinajstić information content (AvgIpc) is 3.23. The number of piperidine rings is 1. The van der Waals surface area contributed by atoms with E-state index in [4.69, 9.17) is 0 Å². The molecule has 196 valence electrons. The number of aryl methyl sites for hydroxylation is 1. The molecular formula is C28H36N6O3. The van der Waals surface area contributed by atoms with Crippen molar-refractivity contribution in [2.24, 2.45) is 7.05 Å². The fourth-order valence-electron chi connectivity index (χ4n) is 5.49. The number of amides is 1. The number of benzene rings is 1. The minimum atomic E-state index is -1.07. The van der Waals surface area contributed by atoms with Crippen LogP contribution in [0.25, 0.3) is 16.6 Å². The summed E-state index contributed by atoms with van der Waals surface area (Å²) in [5, 5.41) is 15.8. The quantitative estimate of drug-likeness (QED) is 0.554. The number of rotatable bonds is 6. The molecule has 2 aliphatic heterocycles. The zero-order valence-electron chi connectivity index (χ0n) is 21.9. The SMILES string of the molecule is C[C@H](CC(=O)N1CCC(O)(Cn2cnc3c(C4=CCN(C)CC4)n(C)nc3c2=O)CC1)c1ccccc1. The van der Waals surface area contributed by atoms with Crippen molar-refractivity contribution in [3.63, 3.8) is 0 Å². The Morgan fingerprint density at radius 1 is 1.11 bits per heavy atom. The van der Waals surface area contributed by atoms with E-state index in [0.717, 1.165) is 36.3 Å². The van der Waals surface area contributed by atoms with Crippen molar-refractivity contribution in [3.05, 3.63) is 64.3 Å². The molecule has 2 aliphatic rings. The van der Waals surface area contributed by atoms with Gasteiger partial charge in [0.25, 0.3) is 5.56 Å². The van der Waals surface area contributed by atoms with Gasteiger partial charge in [0.2, 0.25) is 5.91 Å². The molecule has 1 saturated heterocycles. The van der Waals surface area contributed by atoms with E-state index in [1.807, 2.05) is 42.3 Å². The maximum atomic E-state index is 13.3. The van der Waals surface area contributed by atoms with Crippen LogP contribution in [0, 0.1) is 0 Å². The van der Waals surface area contributed by atoms with Gasteiger partial charge in [0.1, 0.15) is 5.52 Å². The van der Waals surface area contributed by atoms with Crippen LogP contribution in [0.4, 0.5) is 0 Å². The molecule has 0 radical (unpaired) electrons. The summed E-state index contributed by atoms with van der Waals surface area (Å²) in [6.45, 7) is 4.95. The lowest BCUT2D eigenvalue weighted by Gasteiger charge is -2.38. The minimum Gasteiger partial charge on any atom is -0.388 e. The Bertz CT molecular complexity index is 1370. The van der Waals surface area contributed by atoms with Gasteiger partial charge in [0.15, 0.2) is 5.52 Å². The number of carbonyl (C=O) groups is 1. The number of likely N-dealkylation sites (N-methyl/N-ethyl adjacent to an activating group) is 1. The van der Waals surface area contributed by atoms with Gasteiger partial charge in [-0.3, -0.25) is 18.8 Å². The normalized spacial score (nSPS) is 19.1. The highest BCUT2D eigenvalue weighted by Crippen LogP contribution is 2.28. The Morgan fingerprint density at radius 3 is 2.51 bits per heavy atom. The number of carbonyl (C=O) groups excluding carboxylic acids is 1. The largest absolute Gasteiger partial charge is 0.388 e. The van der Waals surface area contributed by atoms with Crippen LogP contribution in [0.3, 0.4) is 0 Å². The molecule has 1 atom stereocenters. The van der Waals surface area contributed by atoms with Crippen LogP contribution in [0.1, 0.15) is 49.8 Å². The van der Waals surface area contributed by atoms with Gasteiger partial charge in [-0.1, -0.05) is 43.3 Å². The molecule has 0 unspecified atom stereocenters. The molecule has 0 saturated carbocycles. The highest BCUT2D eigenvalue weighted by Gasteiger charge is 2.35. The third kappa shape index (κ3) is 5.24. The molecule has 1 fully saturated rings. The van der Waals surface area contributed by atoms with Gasteiger partial charge in [-0.05, 0) is 43.4 Å². The van der Waals surface area contributed by atoms with Gasteiger partial charge in [0.05, 0.1) is 24.2 Å². The molecule has 0 spiro atoms. The van der Waals surface area contributed by atoms with Crippen molar-refractivity contribution in [1.29, 1.82) is 0 Å². The maximum Gasteiger partial charge on any atom is 0.281 e. The molecule has 37 heavy (non-hydrogen) atoms. The monoisotopic (exact) mass is 504 g/mol. The Balaban J connectivity index is 1.26. The predicted molar refractivity (Wildman–Crippen MR) is 143 cm³/mol. The van der Waals surface area contributed by atoms with Crippen LogP contribution in [0.5, 0.6) is 0 Å². The molecule has 5 rings (SSSR count). The number of fused-ring (bicyclic) bond motifs is 1. The van der Waals surface area contributed by atoms with E-state index in [9.17, 15) is 14.7 Å². The van der Waals surface area contributed by atoms with Gasteiger partial charge in [-0.2, -0.15) is 5.10 Å². The van der Waals surface area contributed by atoms with Crippen LogP contribution in [0.2, 0.25) is 0 Å². The summed E-state index contributed by atoms with van der Waals surface area (Å²) in [6.07, 6.45) is 5.85. The molecular weight excluding hydrogens is 468 g/mol. The Hall–Kier alpha value is -3.30. The van der Waals surface area contributed by atoms with Crippen LogP contribution in [-0.4, -0.2) is 79.0 Å². The number of aliphatic hydroxyl groups is 1. The van der Waals surface area contributed by atoms with Crippen molar-refractivity contribution in [2.75, 3.05) is 33.2 Å². The Labute approximate surface area is 217 Å². The number of likely N-dealkylation sites (tertiary alicyclic amines) is 1. The molecule has 1 aromatic carbocycles. The van der Waals surface area contributed by atoms with E-state index in [0.29, 0.717) is 43.4 Å². The first kappa shape index (κ1) is 25.4. The maximum absolute atomic E-state index is 13.3. The first-order chi connectivity index (χ1) is 17.7. The van der Waals surface area contributed by atoms with Gasteiger partial charge in [-0.25, -0.2) is 4.98 Å². The third-order valence-corrected chi connectivity index (χ3v) is 7.89. The Kier molecular flexibility index (Phi) is 7.00. The van der Waals surface area contributed by atoms with Crippen molar-refractivity contribution in [1.82, 2.24) is 29.1 Å². The fourth-order valence-corrected chi connectivity index (χ4v) is 5.49.